The summed E-state index contributed by atoms with van der Waals surface area (Å²) < 4.78 is 5.43. The molecular weight excluding hydrogens is 256 g/mol. The van der Waals surface area contributed by atoms with Crippen molar-refractivity contribution >= 4 is 23.0 Å². The number of hydrogen-bond acceptors (Lipinski definition) is 4. The van der Waals surface area contributed by atoms with Crippen molar-refractivity contribution in [2.75, 3.05) is 5.73 Å². The molecule has 0 saturated heterocycles. The van der Waals surface area contributed by atoms with Gasteiger partial charge in [-0.05, 0) is 24.3 Å². The number of nitrogens with two attached hydrogens (primary N) is 1. The molecule has 0 amide bonds. The highest BCUT2D eigenvalue weighted by Crippen LogP contribution is 2.37. The van der Waals surface area contributed by atoms with Crippen LogP contribution in [0.3, 0.4) is 0 Å². The molecule has 0 unspecified atom stereocenters. The number of ether oxygens (including phenoxy) is 1. The van der Waals surface area contributed by atoms with Gasteiger partial charge < -0.3 is 10.5 Å². The van der Waals surface area contributed by atoms with Gasteiger partial charge in [-0.2, -0.15) is 0 Å². The van der Waals surface area contributed by atoms with E-state index >= 15 is 0 Å². The van der Waals surface area contributed by atoms with Crippen LogP contribution < -0.4 is 10.5 Å². The van der Waals surface area contributed by atoms with E-state index in [0.29, 0.717) is 11.4 Å². The van der Waals surface area contributed by atoms with E-state index in [1.165, 1.54) is 12.1 Å². The summed E-state index contributed by atoms with van der Waals surface area (Å²) in [4.78, 5) is 10.3. The number of nitro groups is 1. The molecule has 0 aliphatic rings. The van der Waals surface area contributed by atoms with E-state index in [0.717, 1.165) is 0 Å². The first-order valence-corrected chi connectivity index (χ1v) is 5.42. The number of hydrogen-bond donors (Lipinski definition) is 1. The normalized spacial score (nSPS) is 10.1. The Bertz CT molecular complexity index is 602. The van der Waals surface area contributed by atoms with Gasteiger partial charge in [0.25, 0.3) is 0 Å². The molecule has 0 spiro atoms. The highest BCUT2D eigenvalue weighted by molar-refractivity contribution is 6.32. The number of anilines is 1. The molecule has 2 rings (SSSR count). The van der Waals surface area contributed by atoms with Gasteiger partial charge in [-0.1, -0.05) is 23.7 Å². The molecule has 0 saturated carbocycles. The van der Waals surface area contributed by atoms with Gasteiger partial charge >= 0.3 is 5.69 Å². The summed E-state index contributed by atoms with van der Waals surface area (Å²) in [5.41, 5.74) is 5.85. The molecule has 0 aromatic heterocycles. The first kappa shape index (κ1) is 12.2. The van der Waals surface area contributed by atoms with E-state index in [2.05, 4.69) is 0 Å². The molecule has 2 aromatic rings. The maximum atomic E-state index is 10.9. The van der Waals surface area contributed by atoms with Crippen molar-refractivity contribution in [1.82, 2.24) is 0 Å². The number of nitrogens with zero attached hydrogens (tertiary/aromatic N) is 1. The van der Waals surface area contributed by atoms with Crippen molar-refractivity contribution in [3.63, 3.8) is 0 Å². The average molecular weight is 265 g/mol. The average Bonchev–Trinajstić information content (AvgIpc) is 2.28. The minimum Gasteiger partial charge on any atom is -0.450 e. The summed E-state index contributed by atoms with van der Waals surface area (Å²) in [5, 5.41) is 10.9. The predicted molar refractivity (Wildman–Crippen MR) is 69.0 cm³/mol. The van der Waals surface area contributed by atoms with Crippen molar-refractivity contribution in [3.8, 4) is 11.5 Å². The number of nitro benzene ring substituents is 1. The van der Waals surface area contributed by atoms with E-state index in [4.69, 9.17) is 22.1 Å². The minimum absolute atomic E-state index is 0.0291. The quantitative estimate of drug-likeness (QED) is 0.522. The SMILES string of the molecule is Nc1cccc(Oc2cccc(Cl)c2[N+](=O)[O-])c1. The standard InChI is InChI=1S/C12H9ClN2O3/c13-10-5-2-6-11(12(10)15(16)17)18-9-4-1-3-8(14)7-9/h1-7H,14H2. The molecule has 0 heterocycles. The van der Waals surface area contributed by atoms with Crippen LogP contribution >= 0.6 is 11.6 Å². The van der Waals surface area contributed by atoms with Crippen LogP contribution in [0, 0.1) is 10.1 Å². The lowest BCUT2D eigenvalue weighted by molar-refractivity contribution is -0.385. The van der Waals surface area contributed by atoms with E-state index in [1.807, 2.05) is 0 Å². The van der Waals surface area contributed by atoms with Gasteiger partial charge in [-0.25, -0.2) is 0 Å². The van der Waals surface area contributed by atoms with Crippen LogP contribution in [0.5, 0.6) is 11.5 Å². The minimum atomic E-state index is -0.579. The Labute approximate surface area is 108 Å². The molecule has 0 atom stereocenters. The Balaban J connectivity index is 2.40. The lowest BCUT2D eigenvalue weighted by Crippen LogP contribution is -1.94. The number of rotatable bonds is 3. The van der Waals surface area contributed by atoms with Crippen LogP contribution in [-0.4, -0.2) is 4.92 Å². The van der Waals surface area contributed by atoms with Gasteiger partial charge in [-0.15, -0.1) is 0 Å². The second-order valence-corrected chi connectivity index (χ2v) is 3.93. The first-order chi connectivity index (χ1) is 8.58. The zero-order valence-corrected chi connectivity index (χ0v) is 9.92. The fourth-order valence-corrected chi connectivity index (χ4v) is 1.69. The Kier molecular flexibility index (Phi) is 3.34. The number of benzene rings is 2. The maximum absolute atomic E-state index is 10.9. The van der Waals surface area contributed by atoms with E-state index in [-0.39, 0.29) is 16.5 Å². The zero-order valence-electron chi connectivity index (χ0n) is 9.17. The summed E-state index contributed by atoms with van der Waals surface area (Å²) in [7, 11) is 0. The second kappa shape index (κ2) is 4.93. The predicted octanol–water partition coefficient (Wildman–Crippen LogP) is 3.62. The largest absolute Gasteiger partial charge is 0.450 e. The molecule has 18 heavy (non-hydrogen) atoms. The lowest BCUT2D eigenvalue weighted by atomic mass is 10.3. The molecule has 0 aliphatic heterocycles. The van der Waals surface area contributed by atoms with Crippen LogP contribution in [0.4, 0.5) is 11.4 Å². The van der Waals surface area contributed by atoms with Crippen molar-refractivity contribution in [3.05, 3.63) is 57.6 Å². The topological polar surface area (TPSA) is 78.4 Å². The third-order valence-corrected chi connectivity index (χ3v) is 2.52. The van der Waals surface area contributed by atoms with Crippen LogP contribution in [0.15, 0.2) is 42.5 Å². The van der Waals surface area contributed by atoms with E-state index < -0.39 is 4.92 Å². The molecule has 2 aromatic carbocycles. The summed E-state index contributed by atoms with van der Waals surface area (Å²) in [6, 6.07) is 11.1. The third kappa shape index (κ3) is 2.52. The van der Waals surface area contributed by atoms with Crippen LogP contribution in [0.2, 0.25) is 5.02 Å². The van der Waals surface area contributed by atoms with Crippen molar-refractivity contribution in [2.24, 2.45) is 0 Å². The zero-order chi connectivity index (χ0) is 13.1. The maximum Gasteiger partial charge on any atom is 0.329 e. The van der Waals surface area contributed by atoms with E-state index in [1.54, 1.807) is 30.3 Å². The number of nitrogen functional groups attached to an aromatic ring is 1. The Morgan fingerprint density at radius 3 is 2.61 bits per heavy atom. The molecule has 5 nitrogen and oxygen atoms in total. The van der Waals surface area contributed by atoms with Gasteiger partial charge in [0, 0.05) is 11.8 Å². The third-order valence-electron chi connectivity index (χ3n) is 2.22. The molecule has 6 heteroatoms. The second-order valence-electron chi connectivity index (χ2n) is 3.52. The summed E-state index contributed by atoms with van der Waals surface area (Å²) >= 11 is 5.78. The van der Waals surface area contributed by atoms with Gasteiger partial charge in [-0.3, -0.25) is 10.1 Å². The Morgan fingerprint density at radius 2 is 1.94 bits per heavy atom. The lowest BCUT2D eigenvalue weighted by Gasteiger charge is -2.07. The van der Waals surface area contributed by atoms with Crippen molar-refractivity contribution in [1.29, 1.82) is 0 Å². The molecule has 0 radical (unpaired) electrons. The van der Waals surface area contributed by atoms with Crippen LogP contribution in [0.25, 0.3) is 0 Å². The monoisotopic (exact) mass is 264 g/mol. The molecular formula is C12H9ClN2O3. The van der Waals surface area contributed by atoms with Gasteiger partial charge in [0.2, 0.25) is 5.75 Å². The van der Waals surface area contributed by atoms with Gasteiger partial charge in [0.05, 0.1) is 4.92 Å². The molecule has 0 bridgehead atoms. The van der Waals surface area contributed by atoms with Crippen molar-refractivity contribution in [2.45, 2.75) is 0 Å². The van der Waals surface area contributed by atoms with E-state index in [9.17, 15) is 10.1 Å². The smallest absolute Gasteiger partial charge is 0.329 e. The Morgan fingerprint density at radius 1 is 1.22 bits per heavy atom. The van der Waals surface area contributed by atoms with Gasteiger partial charge in [0.1, 0.15) is 10.8 Å². The molecule has 2 N–H and O–H groups in total. The highest BCUT2D eigenvalue weighted by atomic mass is 35.5. The van der Waals surface area contributed by atoms with Crippen molar-refractivity contribution < 1.29 is 9.66 Å². The summed E-state index contributed by atoms with van der Waals surface area (Å²) in [5.74, 6) is 0.499. The molecule has 0 fully saturated rings. The fraction of sp³-hybridized carbons (Fsp3) is 0. The first-order valence-electron chi connectivity index (χ1n) is 5.04. The van der Waals surface area contributed by atoms with Crippen LogP contribution in [0.1, 0.15) is 0 Å². The Hall–Kier alpha value is -2.27. The number of para-hydroxylation sites is 1. The van der Waals surface area contributed by atoms with Crippen LogP contribution in [-0.2, 0) is 0 Å². The molecule has 0 aliphatic carbocycles. The summed E-state index contributed by atoms with van der Waals surface area (Å²) in [6.07, 6.45) is 0. The number of halogens is 1. The fourth-order valence-electron chi connectivity index (χ4n) is 1.46. The summed E-state index contributed by atoms with van der Waals surface area (Å²) in [6.45, 7) is 0. The van der Waals surface area contributed by atoms with Gasteiger partial charge in [0.15, 0.2) is 0 Å². The molecule has 92 valence electrons. The highest BCUT2D eigenvalue weighted by Gasteiger charge is 2.20.